The molecule has 0 spiro atoms. The van der Waals surface area contributed by atoms with Gasteiger partial charge in [0.05, 0.1) is 6.07 Å². The predicted octanol–water partition coefficient (Wildman–Crippen LogP) is 3.59. The van der Waals surface area contributed by atoms with Crippen LogP contribution < -0.4 is 5.32 Å². The normalized spacial score (nSPS) is 14.1. The van der Waals surface area contributed by atoms with E-state index in [-0.39, 0.29) is 0 Å². The maximum absolute atomic E-state index is 9.26. The summed E-state index contributed by atoms with van der Waals surface area (Å²) in [6.07, 6.45) is 1.78. The van der Waals surface area contributed by atoms with Gasteiger partial charge in [-0.25, -0.2) is 4.98 Å². The predicted molar refractivity (Wildman–Crippen MR) is 81.7 cm³/mol. The lowest BCUT2D eigenvalue weighted by Crippen LogP contribution is -2.41. The molecule has 4 nitrogen and oxygen atoms in total. The zero-order valence-electron chi connectivity index (χ0n) is 11.8. The van der Waals surface area contributed by atoms with Gasteiger partial charge in [0.25, 0.3) is 5.22 Å². The lowest BCUT2D eigenvalue weighted by molar-refractivity contribution is 0.436. The van der Waals surface area contributed by atoms with Gasteiger partial charge < -0.3 is 4.42 Å². The summed E-state index contributed by atoms with van der Waals surface area (Å²) in [6, 6.07) is 10.1. The van der Waals surface area contributed by atoms with Gasteiger partial charge in [0.1, 0.15) is 11.1 Å². The van der Waals surface area contributed by atoms with E-state index < -0.39 is 5.54 Å². The van der Waals surface area contributed by atoms with E-state index in [2.05, 4.69) is 23.3 Å². The minimum absolute atomic E-state index is 0.477. The molecule has 0 radical (unpaired) electrons. The van der Waals surface area contributed by atoms with Crippen molar-refractivity contribution in [3.8, 4) is 6.07 Å². The zero-order chi connectivity index (χ0) is 14.4. The molecule has 106 valence electrons. The fourth-order valence-electron chi connectivity index (χ4n) is 1.84. The number of fused-ring (bicyclic) bond motifs is 1. The number of aromatic nitrogens is 1. The van der Waals surface area contributed by atoms with Crippen molar-refractivity contribution in [1.29, 1.82) is 5.26 Å². The van der Waals surface area contributed by atoms with Gasteiger partial charge in [-0.15, -0.1) is 0 Å². The fraction of sp³-hybridized carbons (Fsp3) is 0.467. The van der Waals surface area contributed by atoms with E-state index in [0.717, 1.165) is 36.2 Å². The van der Waals surface area contributed by atoms with Crippen LogP contribution in [0.2, 0.25) is 0 Å². The Labute approximate surface area is 123 Å². The summed E-state index contributed by atoms with van der Waals surface area (Å²) in [7, 11) is 0. The van der Waals surface area contributed by atoms with Crippen molar-refractivity contribution in [1.82, 2.24) is 10.3 Å². The van der Waals surface area contributed by atoms with Crippen LogP contribution in [-0.2, 0) is 0 Å². The van der Waals surface area contributed by atoms with Crippen molar-refractivity contribution in [2.75, 3.05) is 12.3 Å². The summed E-state index contributed by atoms with van der Waals surface area (Å²) in [5, 5.41) is 13.2. The molecule has 0 fully saturated rings. The number of para-hydroxylation sites is 2. The van der Waals surface area contributed by atoms with E-state index in [1.165, 1.54) is 0 Å². The van der Waals surface area contributed by atoms with Gasteiger partial charge in [-0.3, -0.25) is 5.32 Å². The van der Waals surface area contributed by atoms with E-state index in [1.54, 1.807) is 11.8 Å². The van der Waals surface area contributed by atoms with Crippen LogP contribution in [-0.4, -0.2) is 22.8 Å². The molecular formula is C15H19N3OS. The third kappa shape index (κ3) is 3.75. The quantitative estimate of drug-likeness (QED) is 0.789. The number of benzene rings is 1. The molecule has 0 aliphatic rings. The Balaban J connectivity index is 1.90. The first-order valence-corrected chi connectivity index (χ1v) is 7.80. The molecule has 0 amide bonds. The largest absolute Gasteiger partial charge is 0.431 e. The van der Waals surface area contributed by atoms with Crippen LogP contribution in [0.3, 0.4) is 0 Å². The summed E-state index contributed by atoms with van der Waals surface area (Å²) in [5.74, 6) is 0.799. The second-order valence-corrected chi connectivity index (χ2v) is 5.96. The van der Waals surface area contributed by atoms with Crippen LogP contribution in [0.5, 0.6) is 0 Å². The minimum Gasteiger partial charge on any atom is -0.431 e. The third-order valence-corrected chi connectivity index (χ3v) is 3.94. The molecular weight excluding hydrogens is 270 g/mol. The van der Waals surface area contributed by atoms with Crippen LogP contribution >= 0.6 is 11.8 Å². The summed E-state index contributed by atoms with van der Waals surface area (Å²) < 4.78 is 5.65. The highest BCUT2D eigenvalue weighted by Crippen LogP contribution is 2.25. The average molecular weight is 289 g/mol. The molecule has 0 saturated heterocycles. The molecule has 2 rings (SSSR count). The van der Waals surface area contributed by atoms with Gasteiger partial charge in [-0.1, -0.05) is 30.8 Å². The lowest BCUT2D eigenvalue weighted by Gasteiger charge is -2.22. The van der Waals surface area contributed by atoms with E-state index in [0.29, 0.717) is 5.22 Å². The molecule has 1 unspecified atom stereocenters. The van der Waals surface area contributed by atoms with E-state index in [9.17, 15) is 5.26 Å². The van der Waals surface area contributed by atoms with Gasteiger partial charge >= 0.3 is 0 Å². The Morgan fingerprint density at radius 1 is 1.45 bits per heavy atom. The van der Waals surface area contributed by atoms with Gasteiger partial charge in [-0.2, -0.15) is 5.26 Å². The van der Waals surface area contributed by atoms with Crippen molar-refractivity contribution in [3.05, 3.63) is 24.3 Å². The molecule has 2 aromatic rings. The standard InChI is InChI=1S/C15H19N3OS/c1-3-9-17-15(2,11-16)8-10-20-14-18-12-6-4-5-7-13(12)19-14/h4-7,17H,3,8-10H2,1-2H3. The molecule has 0 saturated carbocycles. The Kier molecular flexibility index (Phi) is 5.05. The number of nitrogens with one attached hydrogen (secondary N) is 1. The monoisotopic (exact) mass is 289 g/mol. The van der Waals surface area contributed by atoms with E-state index in [1.807, 2.05) is 31.2 Å². The number of nitrogens with zero attached hydrogens (tertiary/aromatic N) is 2. The average Bonchev–Trinajstić information content (AvgIpc) is 2.87. The fourth-order valence-corrected chi connectivity index (χ4v) is 2.84. The van der Waals surface area contributed by atoms with Crippen molar-refractivity contribution in [3.63, 3.8) is 0 Å². The Morgan fingerprint density at radius 2 is 2.25 bits per heavy atom. The number of hydrogen-bond acceptors (Lipinski definition) is 5. The number of oxazole rings is 1. The van der Waals surface area contributed by atoms with Crippen LogP contribution in [0.25, 0.3) is 11.1 Å². The molecule has 1 N–H and O–H groups in total. The summed E-state index contributed by atoms with van der Waals surface area (Å²) in [6.45, 7) is 4.89. The number of nitriles is 1. The molecule has 1 aromatic carbocycles. The van der Waals surface area contributed by atoms with Crippen molar-refractivity contribution < 1.29 is 4.42 Å². The van der Waals surface area contributed by atoms with Crippen LogP contribution in [0, 0.1) is 11.3 Å². The molecule has 0 aliphatic heterocycles. The molecule has 1 heterocycles. The maximum Gasteiger partial charge on any atom is 0.256 e. The zero-order valence-corrected chi connectivity index (χ0v) is 12.7. The molecule has 5 heteroatoms. The molecule has 1 aromatic heterocycles. The summed E-state index contributed by atoms with van der Waals surface area (Å²) in [4.78, 5) is 4.41. The topological polar surface area (TPSA) is 61.9 Å². The minimum atomic E-state index is -0.477. The Hall–Kier alpha value is -1.51. The lowest BCUT2D eigenvalue weighted by atomic mass is 10.0. The molecule has 20 heavy (non-hydrogen) atoms. The number of hydrogen-bond donors (Lipinski definition) is 1. The first-order valence-electron chi connectivity index (χ1n) is 6.81. The third-order valence-electron chi connectivity index (χ3n) is 3.11. The molecule has 1 atom stereocenters. The smallest absolute Gasteiger partial charge is 0.256 e. The first kappa shape index (κ1) is 14.9. The van der Waals surface area contributed by atoms with Crippen LogP contribution in [0.15, 0.2) is 33.9 Å². The SMILES string of the molecule is CCCNC(C)(C#N)CCSc1nc2ccccc2o1. The summed E-state index contributed by atoms with van der Waals surface area (Å²) >= 11 is 1.55. The van der Waals surface area contributed by atoms with Crippen LogP contribution in [0.1, 0.15) is 26.7 Å². The van der Waals surface area contributed by atoms with Gasteiger partial charge in [0.15, 0.2) is 5.58 Å². The van der Waals surface area contributed by atoms with Crippen molar-refractivity contribution >= 4 is 22.9 Å². The maximum atomic E-state index is 9.26. The molecule has 0 bridgehead atoms. The summed E-state index contributed by atoms with van der Waals surface area (Å²) in [5.41, 5.74) is 1.21. The van der Waals surface area contributed by atoms with Crippen molar-refractivity contribution in [2.45, 2.75) is 37.5 Å². The number of rotatable bonds is 7. The first-order chi connectivity index (χ1) is 9.67. The highest BCUT2D eigenvalue weighted by atomic mass is 32.2. The van der Waals surface area contributed by atoms with Gasteiger partial charge in [0, 0.05) is 5.75 Å². The highest BCUT2D eigenvalue weighted by molar-refractivity contribution is 7.99. The van der Waals surface area contributed by atoms with E-state index >= 15 is 0 Å². The second-order valence-electron chi connectivity index (χ2n) is 4.92. The van der Waals surface area contributed by atoms with Gasteiger partial charge in [0.2, 0.25) is 0 Å². The Morgan fingerprint density at radius 3 is 2.95 bits per heavy atom. The molecule has 0 aliphatic carbocycles. The van der Waals surface area contributed by atoms with Crippen LogP contribution in [0.4, 0.5) is 0 Å². The van der Waals surface area contributed by atoms with Crippen molar-refractivity contribution in [2.24, 2.45) is 0 Å². The Bertz CT molecular complexity index is 571. The number of thioether (sulfide) groups is 1. The van der Waals surface area contributed by atoms with E-state index in [4.69, 9.17) is 4.42 Å². The highest BCUT2D eigenvalue weighted by Gasteiger charge is 2.22. The second kappa shape index (κ2) is 6.78. The van der Waals surface area contributed by atoms with Gasteiger partial charge in [-0.05, 0) is 38.4 Å².